The largest absolute Gasteiger partial charge is 0.480 e. The highest BCUT2D eigenvalue weighted by Crippen LogP contribution is 2.06. The topological polar surface area (TPSA) is 148 Å². The Hall–Kier alpha value is -2.16. The van der Waals surface area contributed by atoms with Crippen molar-refractivity contribution < 1.29 is 29.0 Å². The number of carbonyl (C=O) groups excluding carboxylic acids is 3. The van der Waals surface area contributed by atoms with Crippen LogP contribution in [-0.4, -0.2) is 54.6 Å². The van der Waals surface area contributed by atoms with Crippen molar-refractivity contribution in [3.05, 3.63) is 0 Å². The molecule has 0 aliphatic heterocycles. The quantitative estimate of drug-likeness (QED) is 0.375. The first kappa shape index (κ1) is 20.8. The summed E-state index contributed by atoms with van der Waals surface area (Å²) in [5, 5.41) is 13.6. The molecular weight excluding hydrogens is 306 g/mol. The minimum Gasteiger partial charge on any atom is -0.480 e. The Morgan fingerprint density at radius 2 is 1.83 bits per heavy atom. The maximum atomic E-state index is 12.0. The van der Waals surface area contributed by atoms with E-state index in [0.717, 1.165) is 0 Å². The van der Waals surface area contributed by atoms with E-state index < -0.39 is 35.8 Å². The zero-order valence-corrected chi connectivity index (χ0v) is 13.6. The number of amides is 2. The predicted octanol–water partition coefficient (Wildman–Crippen LogP) is -1.00. The van der Waals surface area contributed by atoms with E-state index in [9.17, 15) is 19.2 Å². The van der Waals surface area contributed by atoms with Gasteiger partial charge in [0.05, 0.1) is 7.11 Å². The van der Waals surface area contributed by atoms with Crippen LogP contribution in [0.5, 0.6) is 0 Å². The summed E-state index contributed by atoms with van der Waals surface area (Å²) >= 11 is 0. The Kier molecular flexibility index (Phi) is 9.56. The maximum absolute atomic E-state index is 12.0. The first-order valence-electron chi connectivity index (χ1n) is 7.29. The van der Waals surface area contributed by atoms with Gasteiger partial charge in [0.2, 0.25) is 11.8 Å². The summed E-state index contributed by atoms with van der Waals surface area (Å²) in [5.74, 6) is -2.63. The van der Waals surface area contributed by atoms with Crippen molar-refractivity contribution in [3.8, 4) is 0 Å². The van der Waals surface area contributed by atoms with E-state index >= 15 is 0 Å². The van der Waals surface area contributed by atoms with Crippen LogP contribution in [0.3, 0.4) is 0 Å². The number of nitrogens with one attached hydrogen (secondary N) is 2. The molecule has 2 atom stereocenters. The summed E-state index contributed by atoms with van der Waals surface area (Å²) in [4.78, 5) is 45.5. The second kappa shape index (κ2) is 10.5. The molecule has 5 N–H and O–H groups in total. The average molecular weight is 331 g/mol. The van der Waals surface area contributed by atoms with Crippen LogP contribution in [0.25, 0.3) is 0 Å². The lowest BCUT2D eigenvalue weighted by molar-refractivity contribution is -0.141. The monoisotopic (exact) mass is 331 g/mol. The van der Waals surface area contributed by atoms with Crippen LogP contribution < -0.4 is 16.4 Å². The van der Waals surface area contributed by atoms with E-state index in [1.807, 2.05) is 13.8 Å². The zero-order valence-electron chi connectivity index (χ0n) is 13.6. The van der Waals surface area contributed by atoms with Crippen LogP contribution in [0.4, 0.5) is 0 Å². The molecule has 23 heavy (non-hydrogen) atoms. The van der Waals surface area contributed by atoms with Gasteiger partial charge in [0.25, 0.3) is 0 Å². The minimum atomic E-state index is -1.19. The number of carboxylic acids is 1. The molecule has 132 valence electrons. The molecule has 0 rings (SSSR count). The molecule has 0 saturated carbocycles. The van der Waals surface area contributed by atoms with E-state index in [2.05, 4.69) is 15.4 Å². The molecule has 2 amide bonds. The van der Waals surface area contributed by atoms with Crippen LogP contribution >= 0.6 is 0 Å². The van der Waals surface area contributed by atoms with Crippen molar-refractivity contribution in [1.29, 1.82) is 0 Å². The van der Waals surface area contributed by atoms with Crippen molar-refractivity contribution in [2.45, 2.75) is 45.2 Å². The van der Waals surface area contributed by atoms with Crippen molar-refractivity contribution in [2.75, 3.05) is 13.7 Å². The molecule has 0 heterocycles. The molecule has 0 spiro atoms. The summed E-state index contributed by atoms with van der Waals surface area (Å²) in [6.45, 7) is 3.48. The van der Waals surface area contributed by atoms with Gasteiger partial charge < -0.3 is 26.2 Å². The van der Waals surface area contributed by atoms with Crippen LogP contribution in [-0.2, 0) is 23.9 Å². The molecule has 9 nitrogen and oxygen atoms in total. The standard InChI is InChI=1S/C14H25N3O6/c1-8(2)6-10(13(20)16-7-12(19)23-3)17-11(18)5-4-9(15)14(21)22/h8-10H,4-7,15H2,1-3H3,(H,16,20)(H,17,18)(H,21,22). The molecule has 0 fully saturated rings. The number of hydrogen-bond acceptors (Lipinski definition) is 6. The number of nitrogens with two attached hydrogens (primary N) is 1. The highest BCUT2D eigenvalue weighted by atomic mass is 16.5. The first-order chi connectivity index (χ1) is 10.7. The molecule has 0 radical (unpaired) electrons. The van der Waals surface area contributed by atoms with Crippen LogP contribution in [0.15, 0.2) is 0 Å². The SMILES string of the molecule is COC(=O)CNC(=O)C(CC(C)C)NC(=O)CCC(N)C(=O)O. The molecule has 0 aromatic heterocycles. The Labute approximate surface area is 134 Å². The molecular formula is C14H25N3O6. The van der Waals surface area contributed by atoms with E-state index in [4.69, 9.17) is 10.8 Å². The fourth-order valence-electron chi connectivity index (χ4n) is 1.73. The van der Waals surface area contributed by atoms with Crippen molar-refractivity contribution in [2.24, 2.45) is 11.7 Å². The van der Waals surface area contributed by atoms with Gasteiger partial charge in [0, 0.05) is 6.42 Å². The number of carbonyl (C=O) groups is 4. The fourth-order valence-corrected chi connectivity index (χ4v) is 1.73. The molecule has 0 aromatic rings. The van der Waals surface area contributed by atoms with Crippen molar-refractivity contribution in [1.82, 2.24) is 10.6 Å². The number of aliphatic carboxylic acids is 1. The van der Waals surface area contributed by atoms with E-state index in [1.54, 1.807) is 0 Å². The van der Waals surface area contributed by atoms with Crippen molar-refractivity contribution in [3.63, 3.8) is 0 Å². The highest BCUT2D eigenvalue weighted by molar-refractivity contribution is 5.89. The molecule has 0 bridgehead atoms. The lowest BCUT2D eigenvalue weighted by Gasteiger charge is -2.20. The maximum Gasteiger partial charge on any atom is 0.325 e. The molecule has 2 unspecified atom stereocenters. The summed E-state index contributed by atoms with van der Waals surface area (Å²) in [7, 11) is 1.20. The van der Waals surface area contributed by atoms with Gasteiger partial charge >= 0.3 is 11.9 Å². The third-order valence-electron chi connectivity index (χ3n) is 2.99. The first-order valence-corrected chi connectivity index (χ1v) is 7.29. The Morgan fingerprint density at radius 1 is 1.22 bits per heavy atom. The Bertz CT molecular complexity index is 438. The summed E-state index contributed by atoms with van der Waals surface area (Å²) < 4.78 is 4.42. The predicted molar refractivity (Wildman–Crippen MR) is 81.3 cm³/mol. The van der Waals surface area contributed by atoms with Gasteiger partial charge in [-0.25, -0.2) is 0 Å². The minimum absolute atomic E-state index is 0.0284. The summed E-state index contributed by atoms with van der Waals surface area (Å²) in [5.41, 5.74) is 5.32. The number of hydrogen-bond donors (Lipinski definition) is 4. The molecule has 0 aromatic carbocycles. The van der Waals surface area contributed by atoms with Gasteiger partial charge in [-0.2, -0.15) is 0 Å². The number of carboxylic acid groups (broad SMARTS) is 1. The second-order valence-electron chi connectivity index (χ2n) is 5.53. The van der Waals surface area contributed by atoms with Crippen molar-refractivity contribution >= 4 is 23.8 Å². The molecule has 0 saturated heterocycles. The molecule has 0 aliphatic carbocycles. The number of rotatable bonds is 10. The lowest BCUT2D eigenvalue weighted by atomic mass is 10.0. The number of ether oxygens (including phenoxy) is 1. The van der Waals surface area contributed by atoms with Gasteiger partial charge in [-0.15, -0.1) is 0 Å². The van der Waals surface area contributed by atoms with Gasteiger partial charge in [0.15, 0.2) is 0 Å². The third kappa shape index (κ3) is 9.46. The summed E-state index contributed by atoms with van der Waals surface area (Å²) in [6, 6.07) is -1.94. The highest BCUT2D eigenvalue weighted by Gasteiger charge is 2.23. The Morgan fingerprint density at radius 3 is 2.30 bits per heavy atom. The normalized spacial score (nSPS) is 13.1. The Balaban J connectivity index is 4.53. The van der Waals surface area contributed by atoms with E-state index in [0.29, 0.717) is 6.42 Å². The van der Waals surface area contributed by atoms with Crippen LogP contribution in [0, 0.1) is 5.92 Å². The fraction of sp³-hybridized carbons (Fsp3) is 0.714. The second-order valence-corrected chi connectivity index (χ2v) is 5.53. The smallest absolute Gasteiger partial charge is 0.325 e. The van der Waals surface area contributed by atoms with Gasteiger partial charge in [-0.1, -0.05) is 13.8 Å². The lowest BCUT2D eigenvalue weighted by Crippen LogP contribution is -2.48. The van der Waals surface area contributed by atoms with E-state index in [1.165, 1.54) is 7.11 Å². The molecule has 0 aliphatic rings. The number of esters is 1. The van der Waals surface area contributed by atoms with Crippen LogP contribution in [0.1, 0.15) is 33.1 Å². The van der Waals surface area contributed by atoms with Gasteiger partial charge in [-0.3, -0.25) is 19.2 Å². The van der Waals surface area contributed by atoms with Gasteiger partial charge in [-0.05, 0) is 18.8 Å². The average Bonchev–Trinajstić information content (AvgIpc) is 2.48. The van der Waals surface area contributed by atoms with Crippen LogP contribution in [0.2, 0.25) is 0 Å². The van der Waals surface area contributed by atoms with E-state index in [-0.39, 0.29) is 25.3 Å². The summed E-state index contributed by atoms with van der Waals surface area (Å²) in [6.07, 6.45) is 0.245. The zero-order chi connectivity index (χ0) is 18.0. The number of methoxy groups -OCH3 is 1. The molecule has 9 heteroatoms. The van der Waals surface area contributed by atoms with Gasteiger partial charge in [0.1, 0.15) is 18.6 Å². The third-order valence-corrected chi connectivity index (χ3v) is 2.99.